The van der Waals surface area contributed by atoms with Crippen molar-refractivity contribution in [3.63, 3.8) is 0 Å². The van der Waals surface area contributed by atoms with Gasteiger partial charge in [-0.3, -0.25) is 0 Å². The molecule has 0 bridgehead atoms. The largest absolute Gasteiger partial charge is 0.481 e. The number of rotatable bonds is 6. The van der Waals surface area contributed by atoms with Crippen LogP contribution >= 0.6 is 11.6 Å². The van der Waals surface area contributed by atoms with E-state index in [1.807, 2.05) is 12.1 Å². The molecule has 1 aromatic heterocycles. The lowest BCUT2D eigenvalue weighted by Crippen LogP contribution is -2.23. The Bertz CT molecular complexity index is 318. The van der Waals surface area contributed by atoms with Crippen LogP contribution in [0.1, 0.15) is 20.3 Å². The first-order valence-corrected chi connectivity index (χ1v) is 6.01. The van der Waals surface area contributed by atoms with E-state index >= 15 is 0 Å². The number of hydrogen-bond acceptors (Lipinski definition) is 3. The van der Waals surface area contributed by atoms with Gasteiger partial charge >= 0.3 is 0 Å². The second-order valence-electron chi connectivity index (χ2n) is 4.21. The molecule has 90 valence electrons. The molecule has 0 aliphatic rings. The fraction of sp³-hybridized carbons (Fsp3) is 0.583. The zero-order chi connectivity index (χ0) is 12.0. The summed E-state index contributed by atoms with van der Waals surface area (Å²) in [6.45, 7) is 4.38. The molecule has 0 aliphatic heterocycles. The summed E-state index contributed by atoms with van der Waals surface area (Å²) in [5.74, 6) is 1.84. The number of ether oxygens (including phenoxy) is 1. The van der Waals surface area contributed by atoms with E-state index in [0.717, 1.165) is 12.1 Å². The highest BCUT2D eigenvalue weighted by Crippen LogP contribution is 2.17. The second-order valence-corrected chi connectivity index (χ2v) is 4.52. The van der Waals surface area contributed by atoms with E-state index in [9.17, 15) is 0 Å². The molecule has 1 atom stereocenters. The SMILES string of the molecule is COc1cc(NC(CCl)CC(C)C)ccn1. The van der Waals surface area contributed by atoms with Gasteiger partial charge in [0.25, 0.3) is 0 Å². The number of nitrogens with zero attached hydrogens (tertiary/aromatic N) is 1. The summed E-state index contributed by atoms with van der Waals surface area (Å²) in [6, 6.07) is 4.08. The molecule has 0 spiro atoms. The van der Waals surface area contributed by atoms with Gasteiger partial charge in [0, 0.05) is 29.9 Å². The number of nitrogens with one attached hydrogen (secondary N) is 1. The highest BCUT2D eigenvalue weighted by atomic mass is 35.5. The number of anilines is 1. The summed E-state index contributed by atoms with van der Waals surface area (Å²) in [6.07, 6.45) is 2.77. The molecule has 1 unspecified atom stereocenters. The first-order valence-electron chi connectivity index (χ1n) is 5.48. The monoisotopic (exact) mass is 242 g/mol. The third-order valence-corrected chi connectivity index (χ3v) is 2.63. The molecule has 0 amide bonds. The highest BCUT2D eigenvalue weighted by molar-refractivity contribution is 6.18. The van der Waals surface area contributed by atoms with E-state index in [2.05, 4.69) is 24.1 Å². The van der Waals surface area contributed by atoms with E-state index in [1.165, 1.54) is 0 Å². The molecule has 3 nitrogen and oxygen atoms in total. The molecule has 0 saturated heterocycles. The summed E-state index contributed by atoms with van der Waals surface area (Å²) in [5, 5.41) is 3.38. The van der Waals surface area contributed by atoms with Crippen LogP contribution < -0.4 is 10.1 Å². The van der Waals surface area contributed by atoms with Crippen molar-refractivity contribution in [2.75, 3.05) is 18.3 Å². The van der Waals surface area contributed by atoms with Crippen LogP contribution in [-0.2, 0) is 0 Å². The van der Waals surface area contributed by atoms with E-state index < -0.39 is 0 Å². The van der Waals surface area contributed by atoms with Gasteiger partial charge in [0.1, 0.15) is 0 Å². The van der Waals surface area contributed by atoms with Crippen LogP contribution in [0.15, 0.2) is 18.3 Å². The van der Waals surface area contributed by atoms with E-state index in [-0.39, 0.29) is 6.04 Å². The predicted molar refractivity (Wildman–Crippen MR) is 68.4 cm³/mol. The van der Waals surface area contributed by atoms with Gasteiger partial charge in [0.2, 0.25) is 5.88 Å². The normalized spacial score (nSPS) is 12.6. The molecule has 0 fully saturated rings. The summed E-state index contributed by atoms with van der Waals surface area (Å²) >= 11 is 5.93. The fourth-order valence-electron chi connectivity index (χ4n) is 1.58. The van der Waals surface area contributed by atoms with Gasteiger partial charge in [-0.15, -0.1) is 11.6 Å². The van der Waals surface area contributed by atoms with Crippen LogP contribution in [0, 0.1) is 5.92 Å². The standard InChI is InChI=1S/C12H19ClN2O/c1-9(2)6-11(8-13)15-10-4-5-14-12(7-10)16-3/h4-5,7,9,11H,6,8H2,1-3H3,(H,14,15). The Kier molecular flexibility index (Phi) is 5.39. The maximum absolute atomic E-state index is 5.93. The predicted octanol–water partition coefficient (Wildman–Crippen LogP) is 3.16. The van der Waals surface area contributed by atoms with Crippen molar-refractivity contribution in [1.29, 1.82) is 0 Å². The number of methoxy groups -OCH3 is 1. The Hall–Kier alpha value is -0.960. The van der Waals surface area contributed by atoms with E-state index in [0.29, 0.717) is 17.7 Å². The smallest absolute Gasteiger partial charge is 0.214 e. The number of aromatic nitrogens is 1. The molecule has 1 N–H and O–H groups in total. The van der Waals surface area contributed by atoms with Crippen molar-refractivity contribution >= 4 is 17.3 Å². The van der Waals surface area contributed by atoms with Crippen molar-refractivity contribution in [2.24, 2.45) is 5.92 Å². The lowest BCUT2D eigenvalue weighted by Gasteiger charge is -2.19. The summed E-state index contributed by atoms with van der Waals surface area (Å²) in [5.41, 5.74) is 0.998. The van der Waals surface area contributed by atoms with Gasteiger partial charge in [-0.2, -0.15) is 0 Å². The molecule has 1 rings (SSSR count). The molecule has 0 aliphatic carbocycles. The summed E-state index contributed by atoms with van der Waals surface area (Å²) < 4.78 is 5.07. The molecule has 1 heterocycles. The Morgan fingerprint density at radius 1 is 1.50 bits per heavy atom. The minimum atomic E-state index is 0.286. The Morgan fingerprint density at radius 2 is 2.25 bits per heavy atom. The zero-order valence-corrected chi connectivity index (χ0v) is 10.8. The minimum Gasteiger partial charge on any atom is -0.481 e. The van der Waals surface area contributed by atoms with Crippen molar-refractivity contribution in [1.82, 2.24) is 4.98 Å². The van der Waals surface area contributed by atoms with Crippen molar-refractivity contribution in [2.45, 2.75) is 26.3 Å². The van der Waals surface area contributed by atoms with Crippen molar-refractivity contribution < 1.29 is 4.74 Å². The highest BCUT2D eigenvalue weighted by Gasteiger charge is 2.09. The Morgan fingerprint density at radius 3 is 2.81 bits per heavy atom. The van der Waals surface area contributed by atoms with E-state index in [1.54, 1.807) is 13.3 Å². The fourth-order valence-corrected chi connectivity index (χ4v) is 1.78. The maximum atomic E-state index is 5.93. The van der Waals surface area contributed by atoms with Crippen LogP contribution in [0.4, 0.5) is 5.69 Å². The van der Waals surface area contributed by atoms with Crippen molar-refractivity contribution in [3.05, 3.63) is 18.3 Å². The van der Waals surface area contributed by atoms with Crippen LogP contribution in [-0.4, -0.2) is 24.0 Å². The van der Waals surface area contributed by atoms with Crippen LogP contribution in [0.25, 0.3) is 0 Å². The topological polar surface area (TPSA) is 34.1 Å². The second kappa shape index (κ2) is 6.59. The molecule has 0 radical (unpaired) electrons. The quantitative estimate of drug-likeness (QED) is 0.779. The average Bonchev–Trinajstić information content (AvgIpc) is 2.28. The van der Waals surface area contributed by atoms with Crippen LogP contribution in [0.3, 0.4) is 0 Å². The number of hydrogen-bond donors (Lipinski definition) is 1. The van der Waals surface area contributed by atoms with E-state index in [4.69, 9.17) is 16.3 Å². The molecular formula is C12H19ClN2O. The molecule has 0 aromatic carbocycles. The first-order chi connectivity index (χ1) is 7.65. The van der Waals surface area contributed by atoms with Gasteiger partial charge < -0.3 is 10.1 Å². The van der Waals surface area contributed by atoms with Gasteiger partial charge in [-0.25, -0.2) is 4.98 Å². The van der Waals surface area contributed by atoms with Crippen LogP contribution in [0.5, 0.6) is 5.88 Å². The van der Waals surface area contributed by atoms with Gasteiger partial charge in [0.05, 0.1) is 7.11 Å². The minimum absolute atomic E-state index is 0.286. The summed E-state index contributed by atoms with van der Waals surface area (Å²) in [7, 11) is 1.61. The Labute approximate surface area is 102 Å². The van der Waals surface area contributed by atoms with Crippen molar-refractivity contribution in [3.8, 4) is 5.88 Å². The molecule has 1 aromatic rings. The van der Waals surface area contributed by atoms with Gasteiger partial charge in [-0.1, -0.05) is 13.8 Å². The molecule has 16 heavy (non-hydrogen) atoms. The number of pyridine rings is 1. The maximum Gasteiger partial charge on any atom is 0.214 e. The third-order valence-electron chi connectivity index (χ3n) is 2.26. The van der Waals surface area contributed by atoms with Gasteiger partial charge in [0.15, 0.2) is 0 Å². The third kappa shape index (κ3) is 4.27. The lowest BCUT2D eigenvalue weighted by molar-refractivity contribution is 0.398. The summed E-state index contributed by atoms with van der Waals surface area (Å²) in [4.78, 5) is 4.06. The van der Waals surface area contributed by atoms with Gasteiger partial charge in [-0.05, 0) is 18.4 Å². The molecule has 0 saturated carbocycles. The molecule has 4 heteroatoms. The Balaban J connectivity index is 2.62. The van der Waals surface area contributed by atoms with Crippen LogP contribution in [0.2, 0.25) is 0 Å². The number of alkyl halides is 1. The average molecular weight is 243 g/mol. The molecular weight excluding hydrogens is 224 g/mol. The first kappa shape index (κ1) is 13.1. The number of halogens is 1. The lowest BCUT2D eigenvalue weighted by atomic mass is 10.1. The zero-order valence-electron chi connectivity index (χ0n) is 10.0.